The van der Waals surface area contributed by atoms with Crippen LogP contribution in [0.15, 0.2) is 24.3 Å². The van der Waals surface area contributed by atoms with E-state index in [0.717, 1.165) is 31.2 Å². The summed E-state index contributed by atoms with van der Waals surface area (Å²) in [5.74, 6) is -0.440. The summed E-state index contributed by atoms with van der Waals surface area (Å²) < 4.78 is 0. The number of carboxylic acid groups (broad SMARTS) is 1. The Labute approximate surface area is 142 Å². The van der Waals surface area contributed by atoms with Gasteiger partial charge in [0.2, 0.25) is 0 Å². The van der Waals surface area contributed by atoms with Gasteiger partial charge in [-0.2, -0.15) is 0 Å². The van der Waals surface area contributed by atoms with E-state index in [1.54, 1.807) is 0 Å². The minimum absolute atomic E-state index is 0.0703. The number of aliphatic carboxylic acids is 1. The third-order valence-corrected chi connectivity index (χ3v) is 5.23. The Balaban J connectivity index is 1.53. The smallest absolute Gasteiger partial charge is 0.315 e. The molecule has 2 aliphatic rings. The molecular weight excluding hydrogens is 304 g/mol. The molecule has 2 saturated carbocycles. The van der Waals surface area contributed by atoms with E-state index in [1.165, 1.54) is 5.56 Å². The van der Waals surface area contributed by atoms with Crippen LogP contribution in [0.5, 0.6) is 0 Å². The van der Waals surface area contributed by atoms with Crippen LogP contribution in [-0.4, -0.2) is 23.1 Å². The summed E-state index contributed by atoms with van der Waals surface area (Å²) in [7, 11) is 0. The van der Waals surface area contributed by atoms with Gasteiger partial charge in [0.1, 0.15) is 0 Å². The van der Waals surface area contributed by atoms with Crippen molar-refractivity contribution in [1.82, 2.24) is 10.6 Å². The van der Waals surface area contributed by atoms with Crippen LogP contribution in [0, 0.1) is 18.8 Å². The molecule has 0 heterocycles. The number of rotatable bonds is 5. The lowest BCUT2D eigenvalue weighted by Crippen LogP contribution is -2.45. The zero-order valence-corrected chi connectivity index (χ0v) is 14.1. The third kappa shape index (κ3) is 4.28. The molecule has 0 aromatic heterocycles. The lowest BCUT2D eigenvalue weighted by Gasteiger charge is -2.28. The van der Waals surface area contributed by atoms with Gasteiger partial charge >= 0.3 is 12.0 Å². The van der Waals surface area contributed by atoms with Crippen molar-refractivity contribution in [1.29, 1.82) is 0 Å². The molecule has 130 valence electrons. The molecule has 2 aliphatic carbocycles. The molecule has 0 radical (unpaired) electrons. The van der Waals surface area contributed by atoms with E-state index in [2.05, 4.69) is 41.8 Å². The second-order valence-corrected chi connectivity index (χ2v) is 7.23. The normalized spacial score (nSPS) is 24.9. The lowest BCUT2D eigenvalue weighted by molar-refractivity contribution is -0.142. The number of aryl methyl sites for hydroxylation is 1. The predicted octanol–water partition coefficient (Wildman–Crippen LogP) is 3.39. The number of carboxylic acids is 1. The molecule has 3 N–H and O–H groups in total. The second-order valence-electron chi connectivity index (χ2n) is 7.23. The van der Waals surface area contributed by atoms with E-state index in [9.17, 15) is 9.59 Å². The Bertz CT molecular complexity index is 587. The quantitative estimate of drug-likeness (QED) is 0.774. The number of urea groups is 1. The van der Waals surface area contributed by atoms with Gasteiger partial charge in [-0.1, -0.05) is 29.8 Å². The Kier molecular flexibility index (Phi) is 5.07. The second kappa shape index (κ2) is 7.24. The highest BCUT2D eigenvalue weighted by Gasteiger charge is 2.34. The fourth-order valence-corrected chi connectivity index (χ4v) is 3.53. The summed E-state index contributed by atoms with van der Waals surface area (Å²) in [4.78, 5) is 23.4. The van der Waals surface area contributed by atoms with Gasteiger partial charge in [-0.25, -0.2) is 4.79 Å². The molecule has 24 heavy (non-hydrogen) atoms. The van der Waals surface area contributed by atoms with Gasteiger partial charge in [0.05, 0.1) is 12.0 Å². The molecule has 0 bridgehead atoms. The zero-order chi connectivity index (χ0) is 17.1. The van der Waals surface area contributed by atoms with E-state index in [-0.39, 0.29) is 24.0 Å². The van der Waals surface area contributed by atoms with Gasteiger partial charge in [-0.05, 0) is 56.9 Å². The highest BCUT2D eigenvalue weighted by atomic mass is 16.4. The number of benzene rings is 1. The van der Waals surface area contributed by atoms with Crippen molar-refractivity contribution in [2.45, 2.75) is 57.5 Å². The van der Waals surface area contributed by atoms with Crippen LogP contribution in [-0.2, 0) is 4.79 Å². The van der Waals surface area contributed by atoms with Crippen molar-refractivity contribution in [3.05, 3.63) is 35.4 Å². The van der Waals surface area contributed by atoms with Gasteiger partial charge in [0.25, 0.3) is 0 Å². The topological polar surface area (TPSA) is 78.4 Å². The van der Waals surface area contributed by atoms with Crippen LogP contribution in [0.25, 0.3) is 0 Å². The summed E-state index contributed by atoms with van der Waals surface area (Å²) in [6.45, 7) is 2.06. The number of carbonyl (C=O) groups is 2. The van der Waals surface area contributed by atoms with Crippen molar-refractivity contribution >= 4 is 12.0 Å². The number of hydrogen-bond donors (Lipinski definition) is 3. The Hall–Kier alpha value is -2.04. The number of nitrogens with one attached hydrogen (secondary N) is 2. The molecule has 1 atom stereocenters. The predicted molar refractivity (Wildman–Crippen MR) is 91.7 cm³/mol. The zero-order valence-electron chi connectivity index (χ0n) is 14.1. The van der Waals surface area contributed by atoms with Gasteiger partial charge < -0.3 is 15.7 Å². The summed E-state index contributed by atoms with van der Waals surface area (Å²) in [5.41, 5.74) is 2.38. The standard InChI is InChI=1S/C19H26N2O3/c1-12-2-4-13(5-3-12)17(14-6-7-14)21-19(24)20-16-10-8-15(9-11-16)18(22)23/h2-5,14-17H,6-11H2,1H3,(H,22,23)(H2,20,21,24). The van der Waals surface area contributed by atoms with Crippen molar-refractivity contribution < 1.29 is 14.7 Å². The molecule has 3 rings (SSSR count). The first-order valence-electron chi connectivity index (χ1n) is 8.89. The maximum Gasteiger partial charge on any atom is 0.315 e. The highest BCUT2D eigenvalue weighted by Crippen LogP contribution is 2.41. The molecule has 0 saturated heterocycles. The van der Waals surface area contributed by atoms with Crippen LogP contribution < -0.4 is 10.6 Å². The maximum atomic E-state index is 12.4. The average molecular weight is 330 g/mol. The van der Waals surface area contributed by atoms with Crippen LogP contribution in [0.1, 0.15) is 55.7 Å². The van der Waals surface area contributed by atoms with E-state index < -0.39 is 5.97 Å². The molecule has 5 nitrogen and oxygen atoms in total. The van der Waals surface area contributed by atoms with Crippen LogP contribution in [0.4, 0.5) is 4.79 Å². The first-order chi connectivity index (χ1) is 11.5. The van der Waals surface area contributed by atoms with Crippen molar-refractivity contribution in [2.24, 2.45) is 11.8 Å². The molecule has 2 fully saturated rings. The largest absolute Gasteiger partial charge is 0.481 e. The minimum Gasteiger partial charge on any atom is -0.481 e. The van der Waals surface area contributed by atoms with E-state index in [0.29, 0.717) is 18.8 Å². The van der Waals surface area contributed by atoms with Crippen molar-refractivity contribution in [3.8, 4) is 0 Å². The molecule has 1 aromatic rings. The first-order valence-corrected chi connectivity index (χ1v) is 8.89. The summed E-state index contributed by atoms with van der Waals surface area (Å²) >= 11 is 0. The van der Waals surface area contributed by atoms with Crippen LogP contribution >= 0.6 is 0 Å². The Morgan fingerprint density at radius 2 is 1.67 bits per heavy atom. The minimum atomic E-state index is -0.717. The molecule has 5 heteroatoms. The number of hydrogen-bond acceptors (Lipinski definition) is 2. The third-order valence-electron chi connectivity index (χ3n) is 5.23. The van der Waals surface area contributed by atoms with E-state index >= 15 is 0 Å². The number of amides is 2. The Morgan fingerprint density at radius 3 is 2.21 bits per heavy atom. The molecule has 0 aliphatic heterocycles. The van der Waals surface area contributed by atoms with Gasteiger partial charge in [-0.15, -0.1) is 0 Å². The summed E-state index contributed by atoms with van der Waals surface area (Å²) in [5, 5.41) is 15.2. The van der Waals surface area contributed by atoms with Gasteiger partial charge in [0.15, 0.2) is 0 Å². The van der Waals surface area contributed by atoms with Gasteiger partial charge in [-0.3, -0.25) is 4.79 Å². The maximum absolute atomic E-state index is 12.4. The monoisotopic (exact) mass is 330 g/mol. The molecule has 1 aromatic carbocycles. The van der Waals surface area contributed by atoms with Crippen LogP contribution in [0.2, 0.25) is 0 Å². The van der Waals surface area contributed by atoms with Crippen molar-refractivity contribution in [2.75, 3.05) is 0 Å². The number of carbonyl (C=O) groups excluding carboxylic acids is 1. The first kappa shape index (κ1) is 16.8. The van der Waals surface area contributed by atoms with Crippen LogP contribution in [0.3, 0.4) is 0 Å². The molecule has 0 spiro atoms. The van der Waals surface area contributed by atoms with E-state index in [4.69, 9.17) is 5.11 Å². The molecular formula is C19H26N2O3. The summed E-state index contributed by atoms with van der Waals surface area (Å²) in [6, 6.07) is 8.37. The SMILES string of the molecule is Cc1ccc(C(NC(=O)NC2CCC(C(=O)O)CC2)C2CC2)cc1. The fraction of sp³-hybridized carbons (Fsp3) is 0.579. The Morgan fingerprint density at radius 1 is 1.04 bits per heavy atom. The lowest BCUT2D eigenvalue weighted by atomic mass is 9.86. The average Bonchev–Trinajstić information content (AvgIpc) is 3.39. The van der Waals surface area contributed by atoms with Crippen molar-refractivity contribution in [3.63, 3.8) is 0 Å². The molecule has 1 unspecified atom stereocenters. The van der Waals surface area contributed by atoms with E-state index in [1.807, 2.05) is 0 Å². The summed E-state index contributed by atoms with van der Waals surface area (Å²) in [6.07, 6.45) is 5.08. The van der Waals surface area contributed by atoms with Gasteiger partial charge in [0, 0.05) is 6.04 Å². The molecule has 2 amide bonds. The fourth-order valence-electron chi connectivity index (χ4n) is 3.53. The highest BCUT2D eigenvalue weighted by molar-refractivity contribution is 5.75.